The lowest BCUT2D eigenvalue weighted by atomic mass is 10.1. The second-order valence-electron chi connectivity index (χ2n) is 2.77. The second kappa shape index (κ2) is 3.58. The maximum Gasteiger partial charge on any atom is 0.129 e. The van der Waals surface area contributed by atoms with Gasteiger partial charge in [0.2, 0.25) is 0 Å². The van der Waals surface area contributed by atoms with Gasteiger partial charge in [-0.1, -0.05) is 17.7 Å². The monoisotopic (exact) mass is 193 g/mol. The van der Waals surface area contributed by atoms with Crippen molar-refractivity contribution in [2.45, 2.75) is 6.42 Å². The summed E-state index contributed by atoms with van der Waals surface area (Å²) in [7, 11) is 0. The van der Waals surface area contributed by atoms with Crippen LogP contribution in [-0.2, 0) is 6.42 Å². The highest BCUT2D eigenvalue weighted by molar-refractivity contribution is 6.29. The summed E-state index contributed by atoms with van der Waals surface area (Å²) >= 11 is 5.66. The number of halogens is 1. The van der Waals surface area contributed by atoms with Crippen LogP contribution in [0.2, 0.25) is 5.15 Å². The van der Waals surface area contributed by atoms with Crippen molar-refractivity contribution in [1.29, 1.82) is 0 Å². The van der Waals surface area contributed by atoms with E-state index in [1.807, 2.05) is 12.3 Å². The van der Waals surface area contributed by atoms with Crippen molar-refractivity contribution >= 4 is 11.6 Å². The highest BCUT2D eigenvalue weighted by Crippen LogP contribution is 2.09. The molecule has 66 valence electrons. The molecule has 0 saturated heterocycles. The van der Waals surface area contributed by atoms with Gasteiger partial charge in [-0.05, 0) is 17.2 Å². The van der Waals surface area contributed by atoms with E-state index in [9.17, 15) is 0 Å². The van der Waals surface area contributed by atoms with Crippen LogP contribution in [0.5, 0.6) is 0 Å². The normalized spacial score (nSPS) is 10.2. The average Bonchev–Trinajstić information content (AvgIpc) is 2.62. The summed E-state index contributed by atoms with van der Waals surface area (Å²) in [6.07, 6.45) is 6.28. The van der Waals surface area contributed by atoms with Gasteiger partial charge in [0.25, 0.3) is 0 Å². The summed E-state index contributed by atoms with van der Waals surface area (Å²) in [4.78, 5) is 3.99. The van der Waals surface area contributed by atoms with Gasteiger partial charge >= 0.3 is 0 Å². The Bertz CT molecular complexity index is 366. The molecule has 0 saturated carbocycles. The Morgan fingerprint density at radius 2 is 2.15 bits per heavy atom. The summed E-state index contributed by atoms with van der Waals surface area (Å²) in [5.74, 6) is 0. The summed E-state index contributed by atoms with van der Waals surface area (Å²) in [5, 5.41) is 7.15. The van der Waals surface area contributed by atoms with Gasteiger partial charge in [0.15, 0.2) is 0 Å². The molecule has 2 aromatic rings. The van der Waals surface area contributed by atoms with Crippen molar-refractivity contribution in [2.24, 2.45) is 0 Å². The number of pyridine rings is 1. The highest BCUT2D eigenvalue weighted by Gasteiger charge is 1.97. The van der Waals surface area contributed by atoms with Crippen molar-refractivity contribution in [2.75, 3.05) is 0 Å². The molecule has 0 bridgehead atoms. The van der Waals surface area contributed by atoms with Crippen LogP contribution in [0.25, 0.3) is 0 Å². The van der Waals surface area contributed by atoms with Gasteiger partial charge in [-0.3, -0.25) is 5.10 Å². The van der Waals surface area contributed by atoms with E-state index in [2.05, 4.69) is 15.2 Å². The van der Waals surface area contributed by atoms with Crippen molar-refractivity contribution in [3.05, 3.63) is 47.0 Å². The number of rotatable bonds is 2. The zero-order valence-electron chi connectivity index (χ0n) is 6.87. The number of aromatic nitrogens is 3. The predicted octanol–water partition coefficient (Wildman–Crippen LogP) is 2.05. The standard InChI is InChI=1S/C9H8ClN3/c10-9-2-1-7(4-11-9)3-8-5-12-13-6-8/h1-2,4-6H,3H2,(H,12,13). The number of hydrogen-bond donors (Lipinski definition) is 1. The number of nitrogens with one attached hydrogen (secondary N) is 1. The van der Waals surface area contributed by atoms with Crippen LogP contribution in [0.4, 0.5) is 0 Å². The molecule has 0 radical (unpaired) electrons. The molecule has 3 nitrogen and oxygen atoms in total. The number of nitrogens with zero attached hydrogens (tertiary/aromatic N) is 2. The third-order valence-corrected chi connectivity index (χ3v) is 1.98. The average molecular weight is 194 g/mol. The molecule has 0 aliphatic carbocycles. The van der Waals surface area contributed by atoms with Crippen LogP contribution >= 0.6 is 11.6 Å². The van der Waals surface area contributed by atoms with Gasteiger partial charge in [0.1, 0.15) is 5.15 Å². The Morgan fingerprint density at radius 1 is 1.23 bits per heavy atom. The number of H-pyrrole nitrogens is 1. The Hall–Kier alpha value is -1.35. The van der Waals surface area contributed by atoms with Gasteiger partial charge in [-0.25, -0.2) is 4.98 Å². The lowest BCUT2D eigenvalue weighted by Gasteiger charge is -1.96. The summed E-state index contributed by atoms with van der Waals surface area (Å²) in [6, 6.07) is 3.75. The quantitative estimate of drug-likeness (QED) is 0.742. The first-order valence-electron chi connectivity index (χ1n) is 3.93. The van der Waals surface area contributed by atoms with E-state index < -0.39 is 0 Å². The first-order chi connectivity index (χ1) is 6.34. The van der Waals surface area contributed by atoms with Crippen LogP contribution in [0.1, 0.15) is 11.1 Å². The Labute approximate surface area is 80.8 Å². The molecule has 0 unspecified atom stereocenters. The first-order valence-corrected chi connectivity index (χ1v) is 4.30. The SMILES string of the molecule is Clc1ccc(Cc2cn[nH]c2)cn1. The molecule has 0 atom stereocenters. The Morgan fingerprint density at radius 3 is 2.77 bits per heavy atom. The minimum Gasteiger partial charge on any atom is -0.285 e. The summed E-state index contributed by atoms with van der Waals surface area (Å²) in [6.45, 7) is 0. The van der Waals surface area contributed by atoms with Gasteiger partial charge in [0.05, 0.1) is 6.20 Å². The van der Waals surface area contributed by atoms with Crippen LogP contribution in [0, 0.1) is 0 Å². The maximum atomic E-state index is 5.66. The van der Waals surface area contributed by atoms with Crippen molar-refractivity contribution in [3.8, 4) is 0 Å². The molecule has 0 fully saturated rings. The van der Waals surface area contributed by atoms with E-state index in [4.69, 9.17) is 11.6 Å². The third-order valence-electron chi connectivity index (χ3n) is 1.75. The lowest BCUT2D eigenvalue weighted by molar-refractivity contribution is 1.09. The van der Waals surface area contributed by atoms with Gasteiger partial charge in [-0.2, -0.15) is 5.10 Å². The number of hydrogen-bond acceptors (Lipinski definition) is 2. The third kappa shape index (κ3) is 2.06. The molecule has 0 amide bonds. The van der Waals surface area contributed by atoms with Gasteiger partial charge in [-0.15, -0.1) is 0 Å². The molecule has 2 heterocycles. The van der Waals surface area contributed by atoms with Crippen LogP contribution in [0.15, 0.2) is 30.7 Å². The summed E-state index contributed by atoms with van der Waals surface area (Å²) in [5.41, 5.74) is 2.27. The molecule has 4 heteroatoms. The van der Waals surface area contributed by atoms with E-state index in [0.29, 0.717) is 5.15 Å². The fourth-order valence-corrected chi connectivity index (χ4v) is 1.23. The molecular formula is C9H8ClN3. The van der Waals surface area contributed by atoms with Crippen molar-refractivity contribution in [1.82, 2.24) is 15.2 Å². The van der Waals surface area contributed by atoms with Crippen LogP contribution < -0.4 is 0 Å². The molecule has 0 spiro atoms. The van der Waals surface area contributed by atoms with Crippen molar-refractivity contribution < 1.29 is 0 Å². The highest BCUT2D eigenvalue weighted by atomic mass is 35.5. The van der Waals surface area contributed by atoms with Crippen LogP contribution in [-0.4, -0.2) is 15.2 Å². The minimum absolute atomic E-state index is 0.524. The molecule has 0 aliphatic heterocycles. The Kier molecular flexibility index (Phi) is 2.27. The molecule has 2 aromatic heterocycles. The fourth-order valence-electron chi connectivity index (χ4n) is 1.12. The van der Waals surface area contributed by atoms with Gasteiger partial charge in [0, 0.05) is 18.8 Å². The van der Waals surface area contributed by atoms with Crippen molar-refractivity contribution in [3.63, 3.8) is 0 Å². The van der Waals surface area contributed by atoms with E-state index >= 15 is 0 Å². The number of aromatic amines is 1. The maximum absolute atomic E-state index is 5.66. The van der Waals surface area contributed by atoms with E-state index in [1.165, 1.54) is 0 Å². The minimum atomic E-state index is 0.524. The first kappa shape index (κ1) is 8.26. The smallest absolute Gasteiger partial charge is 0.129 e. The predicted molar refractivity (Wildman–Crippen MR) is 50.6 cm³/mol. The zero-order chi connectivity index (χ0) is 9.10. The van der Waals surface area contributed by atoms with E-state index in [-0.39, 0.29) is 0 Å². The summed E-state index contributed by atoms with van der Waals surface area (Å²) < 4.78 is 0. The molecule has 2 rings (SSSR count). The fraction of sp³-hybridized carbons (Fsp3) is 0.111. The zero-order valence-corrected chi connectivity index (χ0v) is 7.62. The molecule has 1 N–H and O–H groups in total. The molecule has 0 aliphatic rings. The molecule has 0 aromatic carbocycles. The van der Waals surface area contributed by atoms with E-state index in [1.54, 1.807) is 18.5 Å². The largest absolute Gasteiger partial charge is 0.285 e. The second-order valence-corrected chi connectivity index (χ2v) is 3.16. The van der Waals surface area contributed by atoms with Gasteiger partial charge < -0.3 is 0 Å². The Balaban J connectivity index is 2.15. The lowest BCUT2D eigenvalue weighted by Crippen LogP contribution is -1.86. The van der Waals surface area contributed by atoms with Crippen LogP contribution in [0.3, 0.4) is 0 Å². The molecular weight excluding hydrogens is 186 g/mol. The van der Waals surface area contributed by atoms with E-state index in [0.717, 1.165) is 17.5 Å². The molecule has 13 heavy (non-hydrogen) atoms. The topological polar surface area (TPSA) is 41.6 Å².